The zero-order valence-electron chi connectivity index (χ0n) is 13.7. The minimum absolute atomic E-state index is 0.0693. The van der Waals surface area contributed by atoms with Crippen molar-refractivity contribution in [1.82, 2.24) is 5.32 Å². The van der Waals surface area contributed by atoms with Gasteiger partial charge in [0.2, 0.25) is 5.91 Å². The van der Waals surface area contributed by atoms with E-state index in [1.54, 1.807) is 4.90 Å². The van der Waals surface area contributed by atoms with Crippen molar-refractivity contribution in [3.8, 4) is 0 Å². The van der Waals surface area contributed by atoms with Crippen LogP contribution in [0, 0.1) is 0 Å². The fraction of sp³-hybridized carbons (Fsp3) is 0.263. The Hall–Kier alpha value is -2.82. The fourth-order valence-corrected chi connectivity index (χ4v) is 2.95. The number of amides is 3. The van der Waals surface area contributed by atoms with Gasteiger partial charge in [0.05, 0.1) is 0 Å². The number of carbonyl (C=O) groups excluding carboxylic acids is 2. The maximum atomic E-state index is 12.5. The molecule has 2 aromatic carbocycles. The van der Waals surface area contributed by atoms with Crippen molar-refractivity contribution >= 4 is 23.3 Å². The number of benzene rings is 2. The highest BCUT2D eigenvalue weighted by atomic mass is 16.2. The number of nitrogens with zero attached hydrogens (tertiary/aromatic N) is 1. The van der Waals surface area contributed by atoms with Gasteiger partial charge in [0.25, 0.3) is 0 Å². The molecule has 1 heterocycles. The summed E-state index contributed by atoms with van der Waals surface area (Å²) in [5.41, 5.74) is 2.71. The molecule has 0 saturated carbocycles. The standard InChI is InChI=1S/C19H21N3O2/c1-2-14-8-6-7-11-16(14)20-19(24)21-17-12-13-22(18(17)23)15-9-4-3-5-10-15/h3-11,17H,2,12-13H2,1H3,(H2,20,21,24)/t17-/m0/s1. The van der Waals surface area contributed by atoms with Gasteiger partial charge in [0, 0.05) is 17.9 Å². The molecule has 1 saturated heterocycles. The fourth-order valence-electron chi connectivity index (χ4n) is 2.95. The summed E-state index contributed by atoms with van der Waals surface area (Å²) in [5.74, 6) is -0.0693. The van der Waals surface area contributed by atoms with E-state index in [0.717, 1.165) is 23.4 Å². The SMILES string of the molecule is CCc1ccccc1NC(=O)N[C@H]1CCN(c2ccccc2)C1=O. The summed E-state index contributed by atoms with van der Waals surface area (Å²) in [6, 6.07) is 16.4. The predicted octanol–water partition coefficient (Wildman–Crippen LogP) is 3.18. The van der Waals surface area contributed by atoms with Crippen LogP contribution in [0.15, 0.2) is 54.6 Å². The van der Waals surface area contributed by atoms with Gasteiger partial charge in [-0.2, -0.15) is 0 Å². The van der Waals surface area contributed by atoms with Crippen LogP contribution in [0.3, 0.4) is 0 Å². The monoisotopic (exact) mass is 323 g/mol. The Morgan fingerprint density at radius 1 is 1.12 bits per heavy atom. The topological polar surface area (TPSA) is 61.4 Å². The average Bonchev–Trinajstić information content (AvgIpc) is 2.97. The maximum absolute atomic E-state index is 12.5. The van der Waals surface area contributed by atoms with Crippen molar-refractivity contribution in [1.29, 1.82) is 0 Å². The second kappa shape index (κ2) is 7.17. The Morgan fingerprint density at radius 3 is 2.58 bits per heavy atom. The van der Waals surface area contributed by atoms with Crippen LogP contribution in [0.5, 0.6) is 0 Å². The van der Waals surface area contributed by atoms with Gasteiger partial charge in [-0.1, -0.05) is 43.3 Å². The minimum Gasteiger partial charge on any atom is -0.326 e. The molecular formula is C19H21N3O2. The molecule has 1 atom stereocenters. The number of para-hydroxylation sites is 2. The molecule has 1 aliphatic heterocycles. The van der Waals surface area contributed by atoms with Gasteiger partial charge >= 0.3 is 6.03 Å². The van der Waals surface area contributed by atoms with Crippen LogP contribution >= 0.6 is 0 Å². The molecule has 0 unspecified atom stereocenters. The van der Waals surface area contributed by atoms with E-state index in [1.165, 1.54) is 0 Å². The Bertz CT molecular complexity index is 730. The Balaban J connectivity index is 1.62. The van der Waals surface area contributed by atoms with Crippen molar-refractivity contribution in [3.63, 3.8) is 0 Å². The first-order chi connectivity index (χ1) is 11.7. The zero-order valence-corrected chi connectivity index (χ0v) is 13.7. The number of rotatable bonds is 4. The number of hydrogen-bond acceptors (Lipinski definition) is 2. The summed E-state index contributed by atoms with van der Waals surface area (Å²) < 4.78 is 0. The first-order valence-corrected chi connectivity index (χ1v) is 8.21. The highest BCUT2D eigenvalue weighted by Gasteiger charge is 2.33. The van der Waals surface area contributed by atoms with Crippen molar-refractivity contribution in [3.05, 3.63) is 60.2 Å². The number of aryl methyl sites for hydroxylation is 1. The summed E-state index contributed by atoms with van der Waals surface area (Å²) >= 11 is 0. The Labute approximate surface area is 141 Å². The second-order valence-electron chi connectivity index (χ2n) is 5.78. The van der Waals surface area contributed by atoms with Crippen molar-refractivity contribution in [2.75, 3.05) is 16.8 Å². The Kier molecular flexibility index (Phi) is 4.79. The van der Waals surface area contributed by atoms with E-state index < -0.39 is 6.04 Å². The highest BCUT2D eigenvalue weighted by molar-refractivity contribution is 6.02. The van der Waals surface area contributed by atoms with Crippen molar-refractivity contribution in [2.24, 2.45) is 0 Å². The second-order valence-corrected chi connectivity index (χ2v) is 5.78. The summed E-state index contributed by atoms with van der Waals surface area (Å²) in [7, 11) is 0. The molecule has 0 aliphatic carbocycles. The number of urea groups is 1. The lowest BCUT2D eigenvalue weighted by atomic mass is 10.1. The molecule has 2 N–H and O–H groups in total. The van der Waals surface area contributed by atoms with Crippen LogP contribution < -0.4 is 15.5 Å². The molecule has 0 bridgehead atoms. The molecule has 124 valence electrons. The van der Waals surface area contributed by atoms with Crippen molar-refractivity contribution in [2.45, 2.75) is 25.8 Å². The van der Waals surface area contributed by atoms with E-state index in [1.807, 2.05) is 61.5 Å². The van der Waals surface area contributed by atoms with E-state index in [4.69, 9.17) is 0 Å². The lowest BCUT2D eigenvalue weighted by Gasteiger charge is -2.17. The molecule has 1 aliphatic rings. The molecule has 2 aromatic rings. The van der Waals surface area contributed by atoms with Gasteiger partial charge < -0.3 is 15.5 Å². The highest BCUT2D eigenvalue weighted by Crippen LogP contribution is 2.21. The first kappa shape index (κ1) is 16.1. The van der Waals surface area contributed by atoms with Gasteiger partial charge in [-0.15, -0.1) is 0 Å². The molecule has 0 spiro atoms. The van der Waals surface area contributed by atoms with E-state index in [2.05, 4.69) is 10.6 Å². The minimum atomic E-state index is -0.487. The molecule has 0 aromatic heterocycles. The normalized spacial score (nSPS) is 17.0. The van der Waals surface area contributed by atoms with Crippen LogP contribution in [0.2, 0.25) is 0 Å². The molecule has 3 rings (SSSR count). The lowest BCUT2D eigenvalue weighted by Crippen LogP contribution is -2.43. The summed E-state index contributed by atoms with van der Waals surface area (Å²) in [4.78, 5) is 26.4. The predicted molar refractivity (Wildman–Crippen MR) is 95.2 cm³/mol. The molecule has 3 amide bonds. The third-order valence-electron chi connectivity index (χ3n) is 4.23. The molecule has 5 nitrogen and oxygen atoms in total. The molecule has 0 radical (unpaired) electrons. The van der Waals surface area contributed by atoms with E-state index in [-0.39, 0.29) is 11.9 Å². The molecule has 24 heavy (non-hydrogen) atoms. The molecular weight excluding hydrogens is 302 g/mol. The molecule has 1 fully saturated rings. The summed E-state index contributed by atoms with van der Waals surface area (Å²) in [6.45, 7) is 2.65. The van der Waals surface area contributed by atoms with Crippen LogP contribution in [0.4, 0.5) is 16.2 Å². The van der Waals surface area contributed by atoms with E-state index in [9.17, 15) is 9.59 Å². The van der Waals surface area contributed by atoms with Crippen LogP contribution in [0.1, 0.15) is 18.9 Å². The third-order valence-corrected chi connectivity index (χ3v) is 4.23. The smallest absolute Gasteiger partial charge is 0.319 e. The Morgan fingerprint density at radius 2 is 1.83 bits per heavy atom. The van der Waals surface area contributed by atoms with Crippen LogP contribution in [-0.4, -0.2) is 24.5 Å². The van der Waals surface area contributed by atoms with Crippen LogP contribution in [0.25, 0.3) is 0 Å². The van der Waals surface area contributed by atoms with Gasteiger partial charge in [-0.25, -0.2) is 4.79 Å². The van der Waals surface area contributed by atoms with Crippen LogP contribution in [-0.2, 0) is 11.2 Å². The summed E-state index contributed by atoms with van der Waals surface area (Å²) in [5, 5.41) is 5.63. The molecule has 5 heteroatoms. The van der Waals surface area contributed by atoms with Gasteiger partial charge in [-0.05, 0) is 36.6 Å². The van der Waals surface area contributed by atoms with Gasteiger partial charge in [0.15, 0.2) is 0 Å². The van der Waals surface area contributed by atoms with E-state index >= 15 is 0 Å². The average molecular weight is 323 g/mol. The number of carbonyl (C=O) groups is 2. The number of hydrogen-bond donors (Lipinski definition) is 2. The lowest BCUT2D eigenvalue weighted by molar-refractivity contribution is -0.118. The third kappa shape index (κ3) is 3.40. The maximum Gasteiger partial charge on any atom is 0.319 e. The van der Waals surface area contributed by atoms with Gasteiger partial charge in [-0.3, -0.25) is 4.79 Å². The number of nitrogens with one attached hydrogen (secondary N) is 2. The largest absolute Gasteiger partial charge is 0.326 e. The number of anilines is 2. The van der Waals surface area contributed by atoms with Gasteiger partial charge in [0.1, 0.15) is 6.04 Å². The zero-order chi connectivity index (χ0) is 16.9. The summed E-state index contributed by atoms with van der Waals surface area (Å²) in [6.07, 6.45) is 1.44. The van der Waals surface area contributed by atoms with E-state index in [0.29, 0.717) is 13.0 Å². The quantitative estimate of drug-likeness (QED) is 0.908. The first-order valence-electron chi connectivity index (χ1n) is 8.21. The van der Waals surface area contributed by atoms with Crippen molar-refractivity contribution < 1.29 is 9.59 Å².